The lowest BCUT2D eigenvalue weighted by molar-refractivity contribution is 0.107. The Hall–Kier alpha value is -3.78. The van der Waals surface area contributed by atoms with Crippen molar-refractivity contribution >= 4 is 22.6 Å². The third-order valence-corrected chi connectivity index (χ3v) is 6.83. The number of aromatic nitrogens is 4. The molecule has 2 aliphatic rings. The summed E-state index contributed by atoms with van der Waals surface area (Å²) in [7, 11) is 0. The summed E-state index contributed by atoms with van der Waals surface area (Å²) >= 11 is 0. The minimum absolute atomic E-state index is 0.0268. The summed E-state index contributed by atoms with van der Waals surface area (Å²) in [4.78, 5) is 26.2. The number of fused-ring (bicyclic) bond motifs is 2. The molecule has 1 fully saturated rings. The topological polar surface area (TPSA) is 90.0 Å². The summed E-state index contributed by atoms with van der Waals surface area (Å²) in [5, 5.41) is 11.9. The van der Waals surface area contributed by atoms with E-state index < -0.39 is 0 Å². The predicted octanol–water partition coefficient (Wildman–Crippen LogP) is 4.34. The molecule has 0 radical (unpaired) electrons. The van der Waals surface area contributed by atoms with Crippen molar-refractivity contribution in [3.63, 3.8) is 0 Å². The van der Waals surface area contributed by atoms with Gasteiger partial charge in [-0.1, -0.05) is 6.07 Å². The maximum absolute atomic E-state index is 13.1. The van der Waals surface area contributed by atoms with Crippen LogP contribution in [0.25, 0.3) is 22.2 Å². The number of aryl methyl sites for hydroxylation is 1. The van der Waals surface area contributed by atoms with E-state index in [0.717, 1.165) is 77.3 Å². The quantitative estimate of drug-likeness (QED) is 0.480. The molecule has 0 aliphatic carbocycles. The second-order valence-corrected chi connectivity index (χ2v) is 9.22. The number of likely N-dealkylation sites (tertiary alicyclic amines) is 1. The van der Waals surface area contributed by atoms with E-state index in [2.05, 4.69) is 42.5 Å². The second-order valence-electron chi connectivity index (χ2n) is 9.22. The minimum atomic E-state index is -0.0268. The van der Waals surface area contributed by atoms with Gasteiger partial charge in [0.15, 0.2) is 0 Å². The Morgan fingerprint density at radius 2 is 2.06 bits per heavy atom. The molecule has 34 heavy (non-hydrogen) atoms. The molecule has 172 valence electrons. The van der Waals surface area contributed by atoms with E-state index in [1.165, 1.54) is 0 Å². The lowest BCUT2D eigenvalue weighted by atomic mass is 9.99. The fraction of sp³-hybridized carbons (Fsp3) is 0.308. The van der Waals surface area contributed by atoms with Crippen LogP contribution in [0.2, 0.25) is 0 Å². The van der Waals surface area contributed by atoms with Gasteiger partial charge in [-0.15, -0.1) is 0 Å². The van der Waals surface area contributed by atoms with Gasteiger partial charge in [-0.2, -0.15) is 5.10 Å². The molecule has 2 amide bonds. The fourth-order valence-corrected chi connectivity index (χ4v) is 5.16. The van der Waals surface area contributed by atoms with Gasteiger partial charge in [0.1, 0.15) is 5.69 Å². The molecule has 6 rings (SSSR count). The van der Waals surface area contributed by atoms with Crippen LogP contribution >= 0.6 is 0 Å². The number of H-pyrrole nitrogens is 1. The lowest BCUT2D eigenvalue weighted by Crippen LogP contribution is -2.52. The van der Waals surface area contributed by atoms with Crippen LogP contribution in [0, 0.1) is 6.92 Å². The van der Waals surface area contributed by atoms with Gasteiger partial charge in [0.25, 0.3) is 0 Å². The summed E-state index contributed by atoms with van der Waals surface area (Å²) in [6.45, 7) is 5.28. The summed E-state index contributed by atoms with van der Waals surface area (Å²) in [5.41, 5.74) is 6.85. The van der Waals surface area contributed by atoms with Gasteiger partial charge in [0, 0.05) is 60.4 Å². The van der Waals surface area contributed by atoms with Gasteiger partial charge in [0.05, 0.1) is 11.2 Å². The van der Waals surface area contributed by atoms with Gasteiger partial charge in [0.2, 0.25) is 0 Å². The number of aromatic amines is 1. The van der Waals surface area contributed by atoms with E-state index in [1.54, 1.807) is 0 Å². The number of rotatable bonds is 4. The van der Waals surface area contributed by atoms with Gasteiger partial charge < -0.3 is 10.2 Å². The third kappa shape index (κ3) is 3.90. The zero-order valence-electron chi connectivity index (χ0n) is 19.2. The molecule has 0 bridgehead atoms. The number of benzene rings is 1. The summed E-state index contributed by atoms with van der Waals surface area (Å²) in [6.07, 6.45) is 5.73. The number of nitrogens with one attached hydrogen (secondary N) is 2. The number of urea groups is 1. The number of carbonyl (C=O) groups is 1. The Bertz CT molecular complexity index is 1350. The first-order valence-corrected chi connectivity index (χ1v) is 11.8. The van der Waals surface area contributed by atoms with Crippen molar-refractivity contribution in [1.29, 1.82) is 0 Å². The highest BCUT2D eigenvalue weighted by Crippen LogP contribution is 2.34. The Morgan fingerprint density at radius 3 is 2.91 bits per heavy atom. The molecule has 2 aliphatic heterocycles. The Labute approximate surface area is 198 Å². The Kier molecular flexibility index (Phi) is 5.22. The van der Waals surface area contributed by atoms with Crippen molar-refractivity contribution in [3.05, 3.63) is 71.8 Å². The average Bonchev–Trinajstić information content (AvgIpc) is 3.26. The Morgan fingerprint density at radius 1 is 1.12 bits per heavy atom. The highest BCUT2D eigenvalue weighted by atomic mass is 16.2. The molecular weight excluding hydrogens is 426 g/mol. The zero-order valence-corrected chi connectivity index (χ0v) is 19.2. The van der Waals surface area contributed by atoms with E-state index in [4.69, 9.17) is 0 Å². The van der Waals surface area contributed by atoms with Crippen molar-refractivity contribution in [1.82, 2.24) is 30.0 Å². The maximum Gasteiger partial charge on any atom is 0.322 e. The van der Waals surface area contributed by atoms with E-state index in [0.29, 0.717) is 6.54 Å². The van der Waals surface area contributed by atoms with Crippen molar-refractivity contribution in [2.45, 2.75) is 38.9 Å². The number of nitrogens with zero attached hydrogens (tertiary/aromatic N) is 5. The van der Waals surface area contributed by atoms with Gasteiger partial charge in [-0.3, -0.25) is 20.0 Å². The van der Waals surface area contributed by atoms with E-state index in [-0.39, 0.29) is 12.1 Å². The number of hydrogen-bond acceptors (Lipinski definition) is 5. The van der Waals surface area contributed by atoms with Crippen molar-refractivity contribution in [2.75, 3.05) is 18.4 Å². The molecule has 1 aromatic carbocycles. The molecule has 8 nitrogen and oxygen atoms in total. The summed E-state index contributed by atoms with van der Waals surface area (Å²) in [5.74, 6) is 0. The zero-order chi connectivity index (χ0) is 23.1. The smallest absolute Gasteiger partial charge is 0.316 e. The fourth-order valence-electron chi connectivity index (χ4n) is 5.16. The average molecular weight is 454 g/mol. The van der Waals surface area contributed by atoms with Crippen LogP contribution < -0.4 is 5.32 Å². The SMILES string of the molecule is Cc1cc(-c2n[nH]c3cc4c(cc23)CN([C@@H]2CCCN(Cc3ccccn3)C2)C(=O)N4)ccn1. The highest BCUT2D eigenvalue weighted by Gasteiger charge is 2.32. The molecule has 8 heteroatoms. The third-order valence-electron chi connectivity index (χ3n) is 6.83. The van der Waals surface area contributed by atoms with Crippen LogP contribution in [-0.2, 0) is 13.1 Å². The molecule has 1 atom stereocenters. The molecule has 0 saturated carbocycles. The van der Waals surface area contributed by atoms with Crippen molar-refractivity contribution in [3.8, 4) is 11.3 Å². The van der Waals surface area contributed by atoms with Crippen molar-refractivity contribution in [2.24, 2.45) is 0 Å². The number of hydrogen-bond donors (Lipinski definition) is 2. The van der Waals surface area contributed by atoms with Gasteiger partial charge in [-0.25, -0.2) is 4.79 Å². The predicted molar refractivity (Wildman–Crippen MR) is 131 cm³/mol. The van der Waals surface area contributed by atoms with Crippen LogP contribution in [-0.4, -0.2) is 55.1 Å². The first kappa shape index (κ1) is 20.8. The van der Waals surface area contributed by atoms with Crippen LogP contribution in [0.4, 0.5) is 10.5 Å². The highest BCUT2D eigenvalue weighted by molar-refractivity contribution is 6.00. The summed E-state index contributed by atoms with van der Waals surface area (Å²) in [6, 6.07) is 14.4. The minimum Gasteiger partial charge on any atom is -0.316 e. The van der Waals surface area contributed by atoms with Crippen LogP contribution in [0.3, 0.4) is 0 Å². The number of anilines is 1. The molecule has 1 saturated heterocycles. The number of piperidine rings is 1. The van der Waals surface area contributed by atoms with Crippen LogP contribution in [0.15, 0.2) is 54.9 Å². The Balaban J connectivity index is 1.26. The molecule has 0 unspecified atom stereocenters. The standard InChI is InChI=1S/C26H27N7O/c1-17-11-18(7-9-27-17)25-22-12-19-14-33(26(34)29-23(19)13-24(22)30-31-25)21-6-4-10-32(16-21)15-20-5-2-3-8-28-20/h2-3,5,7-9,11-13,21H,4,6,10,14-16H2,1H3,(H,29,34)(H,30,31)/t21-/m1/s1. The van der Waals surface area contributed by atoms with Crippen LogP contribution in [0.1, 0.15) is 29.8 Å². The second kappa shape index (κ2) is 8.53. The van der Waals surface area contributed by atoms with Gasteiger partial charge >= 0.3 is 6.03 Å². The molecule has 0 spiro atoms. The van der Waals surface area contributed by atoms with E-state index in [1.807, 2.05) is 54.5 Å². The largest absolute Gasteiger partial charge is 0.322 e. The summed E-state index contributed by atoms with van der Waals surface area (Å²) < 4.78 is 0. The first-order chi connectivity index (χ1) is 16.6. The normalized spacial score (nSPS) is 18.7. The lowest BCUT2D eigenvalue weighted by Gasteiger charge is -2.41. The van der Waals surface area contributed by atoms with Gasteiger partial charge in [-0.05, 0) is 68.3 Å². The monoisotopic (exact) mass is 453 g/mol. The molecule has 4 aromatic rings. The maximum atomic E-state index is 13.1. The number of amides is 2. The number of pyridine rings is 2. The first-order valence-electron chi connectivity index (χ1n) is 11.8. The number of carbonyl (C=O) groups excluding carboxylic acids is 1. The van der Waals surface area contributed by atoms with Crippen LogP contribution in [0.5, 0.6) is 0 Å². The van der Waals surface area contributed by atoms with E-state index >= 15 is 0 Å². The molecular formula is C26H27N7O. The molecule has 2 N–H and O–H groups in total. The molecule has 3 aromatic heterocycles. The van der Waals surface area contributed by atoms with E-state index in [9.17, 15) is 4.79 Å². The molecule has 5 heterocycles. The van der Waals surface area contributed by atoms with Crippen molar-refractivity contribution < 1.29 is 4.79 Å².